The zero-order valence-electron chi connectivity index (χ0n) is 11.5. The summed E-state index contributed by atoms with van der Waals surface area (Å²) in [6.45, 7) is 4.60. The second-order valence-corrected chi connectivity index (χ2v) is 4.84. The quantitative estimate of drug-likeness (QED) is 0.904. The number of aromatic nitrogens is 1. The summed E-state index contributed by atoms with van der Waals surface area (Å²) in [5, 5.41) is 9.02. The van der Waals surface area contributed by atoms with E-state index in [1.807, 2.05) is 12.1 Å². The van der Waals surface area contributed by atoms with Crippen molar-refractivity contribution in [3.63, 3.8) is 0 Å². The Morgan fingerprint density at radius 3 is 2.55 bits per heavy atom. The van der Waals surface area contributed by atoms with Crippen LogP contribution in [0.3, 0.4) is 0 Å². The number of rotatable bonds is 5. The lowest BCUT2D eigenvalue weighted by Gasteiger charge is -2.10. The average Bonchev–Trinajstić information content (AvgIpc) is 2.45. The third-order valence-electron chi connectivity index (χ3n) is 3.01. The lowest BCUT2D eigenvalue weighted by atomic mass is 10.0. The van der Waals surface area contributed by atoms with Crippen LogP contribution in [0.1, 0.15) is 41.4 Å². The van der Waals surface area contributed by atoms with E-state index in [0.29, 0.717) is 12.5 Å². The molecule has 104 valence electrons. The number of aromatic carboxylic acids is 1. The number of pyridine rings is 1. The van der Waals surface area contributed by atoms with Crippen LogP contribution >= 0.6 is 0 Å². The van der Waals surface area contributed by atoms with E-state index in [1.165, 1.54) is 11.8 Å². The molecule has 0 spiro atoms. The van der Waals surface area contributed by atoms with E-state index >= 15 is 0 Å². The molecule has 1 heterocycles. The SMILES string of the molecule is CC(C)c1ccc(COc2cccnc2C(=O)O)cc1. The Morgan fingerprint density at radius 2 is 1.95 bits per heavy atom. The minimum absolute atomic E-state index is 0.0636. The summed E-state index contributed by atoms with van der Waals surface area (Å²) >= 11 is 0. The highest BCUT2D eigenvalue weighted by molar-refractivity contribution is 5.88. The Hall–Kier alpha value is -2.36. The van der Waals surface area contributed by atoms with Crippen molar-refractivity contribution in [2.75, 3.05) is 0 Å². The van der Waals surface area contributed by atoms with Gasteiger partial charge in [0.05, 0.1) is 0 Å². The van der Waals surface area contributed by atoms with Gasteiger partial charge < -0.3 is 9.84 Å². The van der Waals surface area contributed by atoms with E-state index in [9.17, 15) is 4.79 Å². The van der Waals surface area contributed by atoms with E-state index in [0.717, 1.165) is 5.56 Å². The normalized spacial score (nSPS) is 10.6. The van der Waals surface area contributed by atoms with Crippen LogP contribution in [0.15, 0.2) is 42.6 Å². The van der Waals surface area contributed by atoms with Crippen molar-refractivity contribution >= 4 is 5.97 Å². The van der Waals surface area contributed by atoms with Crippen LogP contribution < -0.4 is 4.74 Å². The summed E-state index contributed by atoms with van der Waals surface area (Å²) < 4.78 is 5.54. The molecule has 1 aromatic heterocycles. The first-order valence-electron chi connectivity index (χ1n) is 6.48. The van der Waals surface area contributed by atoms with Gasteiger partial charge in [-0.25, -0.2) is 9.78 Å². The van der Waals surface area contributed by atoms with Gasteiger partial charge in [0.15, 0.2) is 11.4 Å². The highest BCUT2D eigenvalue weighted by atomic mass is 16.5. The fraction of sp³-hybridized carbons (Fsp3) is 0.250. The van der Waals surface area contributed by atoms with Crippen LogP contribution in [0.2, 0.25) is 0 Å². The monoisotopic (exact) mass is 271 g/mol. The van der Waals surface area contributed by atoms with Crippen LogP contribution in [-0.4, -0.2) is 16.1 Å². The predicted molar refractivity (Wildman–Crippen MR) is 76.1 cm³/mol. The Morgan fingerprint density at radius 1 is 1.25 bits per heavy atom. The van der Waals surface area contributed by atoms with Gasteiger partial charge in [0.25, 0.3) is 0 Å². The molecule has 0 amide bonds. The van der Waals surface area contributed by atoms with Crippen molar-refractivity contribution in [3.8, 4) is 5.75 Å². The zero-order valence-corrected chi connectivity index (χ0v) is 11.5. The van der Waals surface area contributed by atoms with Crippen molar-refractivity contribution in [3.05, 3.63) is 59.4 Å². The maximum absolute atomic E-state index is 11.0. The van der Waals surface area contributed by atoms with Gasteiger partial charge in [0.2, 0.25) is 0 Å². The molecule has 0 saturated carbocycles. The van der Waals surface area contributed by atoms with Crippen LogP contribution in [0.4, 0.5) is 0 Å². The molecule has 0 aliphatic rings. The Balaban J connectivity index is 2.07. The van der Waals surface area contributed by atoms with Crippen molar-refractivity contribution < 1.29 is 14.6 Å². The molecule has 0 unspecified atom stereocenters. The molecule has 1 N–H and O–H groups in total. The van der Waals surface area contributed by atoms with Gasteiger partial charge in [-0.05, 0) is 29.2 Å². The molecule has 1 aromatic carbocycles. The topological polar surface area (TPSA) is 59.4 Å². The fourth-order valence-corrected chi connectivity index (χ4v) is 1.83. The number of benzene rings is 1. The maximum Gasteiger partial charge on any atom is 0.358 e. The molecule has 0 aliphatic heterocycles. The minimum atomic E-state index is -1.09. The van der Waals surface area contributed by atoms with Crippen LogP contribution in [0.5, 0.6) is 5.75 Å². The summed E-state index contributed by atoms with van der Waals surface area (Å²) in [5.41, 5.74) is 2.20. The maximum atomic E-state index is 11.0. The lowest BCUT2D eigenvalue weighted by molar-refractivity contribution is 0.0685. The molecule has 0 atom stereocenters. The van der Waals surface area contributed by atoms with E-state index in [-0.39, 0.29) is 11.4 Å². The Bertz CT molecular complexity index is 591. The lowest BCUT2D eigenvalue weighted by Crippen LogP contribution is -2.05. The molecule has 2 rings (SSSR count). The van der Waals surface area contributed by atoms with Gasteiger partial charge in [-0.1, -0.05) is 38.1 Å². The van der Waals surface area contributed by atoms with Crippen molar-refractivity contribution in [2.24, 2.45) is 0 Å². The molecule has 20 heavy (non-hydrogen) atoms. The number of carbonyl (C=O) groups is 1. The van der Waals surface area contributed by atoms with Crippen LogP contribution in [0.25, 0.3) is 0 Å². The molecule has 4 heteroatoms. The second kappa shape index (κ2) is 6.19. The van der Waals surface area contributed by atoms with Crippen LogP contribution in [-0.2, 0) is 6.61 Å². The number of nitrogens with zero attached hydrogens (tertiary/aromatic N) is 1. The Labute approximate surface area is 118 Å². The molecule has 0 bridgehead atoms. The molecule has 0 radical (unpaired) electrons. The van der Waals surface area contributed by atoms with Gasteiger partial charge in [0.1, 0.15) is 6.61 Å². The number of carboxylic acid groups (broad SMARTS) is 1. The smallest absolute Gasteiger partial charge is 0.358 e. The van der Waals surface area contributed by atoms with E-state index in [4.69, 9.17) is 9.84 Å². The van der Waals surface area contributed by atoms with Crippen molar-refractivity contribution in [2.45, 2.75) is 26.4 Å². The largest absolute Gasteiger partial charge is 0.486 e. The molecule has 2 aromatic rings. The number of carboxylic acids is 1. The fourth-order valence-electron chi connectivity index (χ4n) is 1.83. The third kappa shape index (κ3) is 3.35. The standard InChI is InChI=1S/C16H17NO3/c1-11(2)13-7-5-12(6-8-13)10-20-14-4-3-9-17-15(14)16(18)19/h3-9,11H,10H2,1-2H3,(H,18,19). The van der Waals surface area contributed by atoms with Gasteiger partial charge >= 0.3 is 5.97 Å². The second-order valence-electron chi connectivity index (χ2n) is 4.84. The summed E-state index contributed by atoms with van der Waals surface area (Å²) in [6.07, 6.45) is 1.44. The first-order chi connectivity index (χ1) is 9.58. The average molecular weight is 271 g/mol. The minimum Gasteiger partial charge on any atom is -0.486 e. The number of hydrogen-bond acceptors (Lipinski definition) is 3. The summed E-state index contributed by atoms with van der Waals surface area (Å²) in [7, 11) is 0. The van der Waals surface area contributed by atoms with E-state index in [1.54, 1.807) is 12.1 Å². The van der Waals surface area contributed by atoms with Gasteiger partial charge in [-0.3, -0.25) is 0 Å². The van der Waals surface area contributed by atoms with Gasteiger partial charge in [-0.15, -0.1) is 0 Å². The highest BCUT2D eigenvalue weighted by Crippen LogP contribution is 2.18. The first-order valence-corrected chi connectivity index (χ1v) is 6.48. The summed E-state index contributed by atoms with van der Waals surface area (Å²) in [6, 6.07) is 11.4. The van der Waals surface area contributed by atoms with Crippen LogP contribution in [0, 0.1) is 0 Å². The highest BCUT2D eigenvalue weighted by Gasteiger charge is 2.12. The predicted octanol–water partition coefficient (Wildman–Crippen LogP) is 3.48. The number of ether oxygens (including phenoxy) is 1. The zero-order chi connectivity index (χ0) is 14.5. The summed E-state index contributed by atoms with van der Waals surface area (Å²) in [5.74, 6) is -0.314. The Kier molecular flexibility index (Phi) is 4.35. The molecule has 4 nitrogen and oxygen atoms in total. The van der Waals surface area contributed by atoms with Gasteiger partial charge in [0, 0.05) is 6.20 Å². The first kappa shape index (κ1) is 14.1. The molecular weight excluding hydrogens is 254 g/mol. The van der Waals surface area contributed by atoms with Crippen molar-refractivity contribution in [1.29, 1.82) is 0 Å². The van der Waals surface area contributed by atoms with Crippen molar-refractivity contribution in [1.82, 2.24) is 4.98 Å². The molecule has 0 fully saturated rings. The summed E-state index contributed by atoms with van der Waals surface area (Å²) in [4.78, 5) is 14.8. The van der Waals surface area contributed by atoms with Gasteiger partial charge in [-0.2, -0.15) is 0 Å². The number of hydrogen-bond donors (Lipinski definition) is 1. The molecular formula is C16H17NO3. The third-order valence-corrected chi connectivity index (χ3v) is 3.01. The van der Waals surface area contributed by atoms with E-state index in [2.05, 4.69) is 31.0 Å². The molecule has 0 aliphatic carbocycles. The molecule has 0 saturated heterocycles. The van der Waals surface area contributed by atoms with E-state index < -0.39 is 5.97 Å².